The van der Waals surface area contributed by atoms with E-state index in [0.29, 0.717) is 5.95 Å². The van der Waals surface area contributed by atoms with E-state index in [-0.39, 0.29) is 0 Å². The van der Waals surface area contributed by atoms with Crippen molar-refractivity contribution in [2.24, 2.45) is 0 Å². The highest BCUT2D eigenvalue weighted by molar-refractivity contribution is 7.09. The van der Waals surface area contributed by atoms with Crippen LogP contribution in [0.2, 0.25) is 0 Å². The second-order valence-electron chi connectivity index (χ2n) is 3.21. The summed E-state index contributed by atoms with van der Waals surface area (Å²) in [7, 11) is 1.99. The van der Waals surface area contributed by atoms with Crippen LogP contribution in [-0.4, -0.2) is 17.0 Å². The molecule has 0 amide bonds. The van der Waals surface area contributed by atoms with Crippen molar-refractivity contribution in [3.8, 4) is 0 Å². The molecule has 2 aromatic heterocycles. The third-order valence-corrected chi connectivity index (χ3v) is 2.88. The molecule has 0 saturated heterocycles. The lowest BCUT2D eigenvalue weighted by molar-refractivity contribution is 0.907. The van der Waals surface area contributed by atoms with E-state index < -0.39 is 0 Å². The fourth-order valence-corrected chi connectivity index (χ4v) is 2.05. The number of hydrogen-bond acceptors (Lipinski definition) is 5. The van der Waals surface area contributed by atoms with Crippen molar-refractivity contribution in [2.45, 2.75) is 6.54 Å². The van der Waals surface area contributed by atoms with Crippen LogP contribution in [0.4, 0.5) is 11.8 Å². The van der Waals surface area contributed by atoms with E-state index in [9.17, 15) is 0 Å². The molecule has 0 aliphatic carbocycles. The van der Waals surface area contributed by atoms with Crippen LogP contribution in [0, 0.1) is 0 Å². The molecule has 2 N–H and O–H groups in total. The molecule has 0 saturated carbocycles. The van der Waals surface area contributed by atoms with Crippen molar-refractivity contribution in [1.29, 1.82) is 0 Å². The van der Waals surface area contributed by atoms with Crippen molar-refractivity contribution in [3.63, 3.8) is 0 Å². The Morgan fingerprint density at radius 2 is 2.33 bits per heavy atom. The van der Waals surface area contributed by atoms with Gasteiger partial charge in [0.05, 0.1) is 6.54 Å². The van der Waals surface area contributed by atoms with Crippen molar-refractivity contribution in [2.75, 3.05) is 17.7 Å². The summed E-state index contributed by atoms with van der Waals surface area (Å²) in [5.41, 5.74) is 5.52. The van der Waals surface area contributed by atoms with Gasteiger partial charge in [0.2, 0.25) is 5.95 Å². The number of nitrogens with zero attached hydrogens (tertiary/aromatic N) is 3. The summed E-state index contributed by atoms with van der Waals surface area (Å²) in [5, 5.41) is 2.07. The minimum Gasteiger partial charge on any atom is -0.368 e. The van der Waals surface area contributed by atoms with Crippen LogP contribution < -0.4 is 10.6 Å². The number of anilines is 2. The Morgan fingerprint density at radius 1 is 1.47 bits per heavy atom. The lowest BCUT2D eigenvalue weighted by Crippen LogP contribution is -2.17. The van der Waals surface area contributed by atoms with Crippen LogP contribution in [0.1, 0.15) is 4.88 Å². The predicted octanol–water partition coefficient (Wildman–Crippen LogP) is 1.76. The molecule has 2 aromatic rings. The number of nitrogen functional groups attached to an aromatic ring is 1. The van der Waals surface area contributed by atoms with Gasteiger partial charge < -0.3 is 10.6 Å². The van der Waals surface area contributed by atoms with Crippen LogP contribution in [-0.2, 0) is 6.54 Å². The standard InChI is InChI=1S/C10H12N4S/c1-14(7-8-3-2-6-15-8)9-4-5-12-10(11)13-9/h2-6H,7H2,1H3,(H2,11,12,13). The maximum atomic E-state index is 5.52. The first-order valence-corrected chi connectivity index (χ1v) is 5.46. The first-order chi connectivity index (χ1) is 7.25. The summed E-state index contributed by atoms with van der Waals surface area (Å²) in [6.07, 6.45) is 1.67. The molecular weight excluding hydrogens is 208 g/mol. The number of thiophene rings is 1. The quantitative estimate of drug-likeness (QED) is 0.856. The molecule has 4 nitrogen and oxygen atoms in total. The van der Waals surface area contributed by atoms with E-state index >= 15 is 0 Å². The van der Waals surface area contributed by atoms with Crippen molar-refractivity contribution >= 4 is 23.1 Å². The van der Waals surface area contributed by atoms with Gasteiger partial charge in [-0.05, 0) is 17.5 Å². The van der Waals surface area contributed by atoms with Crippen LogP contribution in [0.15, 0.2) is 29.8 Å². The Bertz CT molecular complexity index is 427. The third-order valence-electron chi connectivity index (χ3n) is 2.02. The summed E-state index contributed by atoms with van der Waals surface area (Å²) in [6.45, 7) is 0.841. The molecule has 5 heteroatoms. The molecule has 0 atom stereocenters. The summed E-state index contributed by atoms with van der Waals surface area (Å²) >= 11 is 1.73. The summed E-state index contributed by atoms with van der Waals surface area (Å²) in [6, 6.07) is 6.00. The molecular formula is C10H12N4S. The third kappa shape index (κ3) is 2.44. The van der Waals surface area contributed by atoms with Crippen molar-refractivity contribution in [1.82, 2.24) is 9.97 Å². The summed E-state index contributed by atoms with van der Waals surface area (Å²) in [4.78, 5) is 11.4. The van der Waals surface area contributed by atoms with Gasteiger partial charge in [0.15, 0.2) is 0 Å². The van der Waals surface area contributed by atoms with Crippen LogP contribution >= 0.6 is 11.3 Å². The lowest BCUT2D eigenvalue weighted by atomic mass is 10.4. The van der Waals surface area contributed by atoms with Gasteiger partial charge in [-0.1, -0.05) is 6.07 Å². The predicted molar refractivity (Wildman–Crippen MR) is 62.9 cm³/mol. The average Bonchev–Trinajstić information content (AvgIpc) is 2.70. The number of rotatable bonds is 3. The summed E-state index contributed by atoms with van der Waals surface area (Å²) < 4.78 is 0. The largest absolute Gasteiger partial charge is 0.368 e. The highest BCUT2D eigenvalue weighted by Crippen LogP contribution is 2.15. The van der Waals surface area contributed by atoms with Gasteiger partial charge in [0.1, 0.15) is 5.82 Å². The Balaban J connectivity index is 2.11. The van der Waals surface area contributed by atoms with E-state index in [1.54, 1.807) is 17.5 Å². The summed E-state index contributed by atoms with van der Waals surface area (Å²) in [5.74, 6) is 1.15. The Hall–Kier alpha value is -1.62. The zero-order chi connectivity index (χ0) is 10.7. The molecule has 0 unspecified atom stereocenters. The number of aromatic nitrogens is 2. The zero-order valence-corrected chi connectivity index (χ0v) is 9.24. The van der Waals surface area contributed by atoms with Crippen LogP contribution in [0.5, 0.6) is 0 Å². The molecule has 0 bridgehead atoms. The molecule has 78 valence electrons. The smallest absolute Gasteiger partial charge is 0.221 e. The van der Waals surface area contributed by atoms with Crippen LogP contribution in [0.25, 0.3) is 0 Å². The highest BCUT2D eigenvalue weighted by atomic mass is 32.1. The second kappa shape index (κ2) is 4.27. The zero-order valence-electron chi connectivity index (χ0n) is 8.42. The number of hydrogen-bond donors (Lipinski definition) is 1. The lowest BCUT2D eigenvalue weighted by Gasteiger charge is -2.16. The van der Waals surface area contributed by atoms with Crippen LogP contribution in [0.3, 0.4) is 0 Å². The first kappa shape index (κ1) is 9.92. The van der Waals surface area contributed by atoms with Gasteiger partial charge >= 0.3 is 0 Å². The molecule has 0 radical (unpaired) electrons. The minimum atomic E-state index is 0.311. The van der Waals surface area contributed by atoms with E-state index in [1.807, 2.05) is 24.1 Å². The van der Waals surface area contributed by atoms with Gasteiger partial charge in [-0.25, -0.2) is 4.98 Å². The minimum absolute atomic E-state index is 0.311. The molecule has 2 rings (SSSR count). The molecule has 0 aromatic carbocycles. The first-order valence-electron chi connectivity index (χ1n) is 4.58. The monoisotopic (exact) mass is 220 g/mol. The fourth-order valence-electron chi connectivity index (χ4n) is 1.29. The van der Waals surface area contributed by atoms with Crippen molar-refractivity contribution < 1.29 is 0 Å². The van der Waals surface area contributed by atoms with E-state index in [1.165, 1.54) is 4.88 Å². The Labute approximate surface area is 92.4 Å². The van der Waals surface area contributed by atoms with Gasteiger partial charge in [-0.15, -0.1) is 11.3 Å². The molecule has 0 fully saturated rings. The SMILES string of the molecule is CN(Cc1cccs1)c1ccnc(N)n1. The maximum Gasteiger partial charge on any atom is 0.221 e. The van der Waals surface area contributed by atoms with E-state index in [0.717, 1.165) is 12.4 Å². The topological polar surface area (TPSA) is 55.0 Å². The molecule has 0 aliphatic rings. The second-order valence-corrected chi connectivity index (χ2v) is 4.24. The van der Waals surface area contributed by atoms with E-state index in [2.05, 4.69) is 21.4 Å². The van der Waals surface area contributed by atoms with Gasteiger partial charge in [-0.3, -0.25) is 0 Å². The van der Waals surface area contributed by atoms with E-state index in [4.69, 9.17) is 5.73 Å². The fraction of sp³-hybridized carbons (Fsp3) is 0.200. The van der Waals surface area contributed by atoms with Gasteiger partial charge in [0.25, 0.3) is 0 Å². The molecule has 0 spiro atoms. The average molecular weight is 220 g/mol. The van der Waals surface area contributed by atoms with Gasteiger partial charge in [-0.2, -0.15) is 4.98 Å². The number of nitrogens with two attached hydrogens (primary N) is 1. The normalized spacial score (nSPS) is 10.2. The molecule has 2 heterocycles. The van der Waals surface area contributed by atoms with Gasteiger partial charge in [0, 0.05) is 18.1 Å². The highest BCUT2D eigenvalue weighted by Gasteiger charge is 2.04. The Morgan fingerprint density at radius 3 is 3.00 bits per heavy atom. The Kier molecular flexibility index (Phi) is 2.82. The maximum absolute atomic E-state index is 5.52. The van der Waals surface area contributed by atoms with Crippen molar-refractivity contribution in [3.05, 3.63) is 34.7 Å². The molecule has 15 heavy (non-hydrogen) atoms. The molecule has 0 aliphatic heterocycles.